The second-order valence-corrected chi connectivity index (χ2v) is 4.12. The number of rotatable bonds is 5. The predicted octanol–water partition coefficient (Wildman–Crippen LogP) is 2.79. The minimum Gasteiger partial charge on any atom is -0.472 e. The smallest absolute Gasteiger partial charge is 0.126 e. The molecular weight excluding hydrogens is 217 g/mol. The van der Waals surface area contributed by atoms with Gasteiger partial charge in [-0.1, -0.05) is 18.2 Å². The van der Waals surface area contributed by atoms with Gasteiger partial charge in [0.2, 0.25) is 0 Å². The van der Waals surface area contributed by atoms with Gasteiger partial charge in [-0.25, -0.2) is 4.39 Å². The summed E-state index contributed by atoms with van der Waals surface area (Å²) >= 11 is 0. The molecule has 0 bridgehead atoms. The highest BCUT2D eigenvalue weighted by Gasteiger charge is 2.11. The van der Waals surface area contributed by atoms with Gasteiger partial charge in [0.1, 0.15) is 5.82 Å². The summed E-state index contributed by atoms with van der Waals surface area (Å²) in [7, 11) is 1.89. The summed E-state index contributed by atoms with van der Waals surface area (Å²) in [5.41, 5.74) is 1.87. The Morgan fingerprint density at radius 3 is 2.71 bits per heavy atom. The van der Waals surface area contributed by atoms with Crippen LogP contribution in [0.2, 0.25) is 0 Å². The average molecular weight is 233 g/mol. The molecule has 0 aliphatic heterocycles. The molecule has 1 atom stereocenters. The lowest BCUT2D eigenvalue weighted by molar-refractivity contribution is 0.524. The summed E-state index contributed by atoms with van der Waals surface area (Å²) in [6, 6.07) is 9.05. The number of hydrogen-bond acceptors (Lipinski definition) is 2. The lowest BCUT2D eigenvalue weighted by Crippen LogP contribution is -2.30. The van der Waals surface area contributed by atoms with Gasteiger partial charge in [0.05, 0.1) is 12.5 Å². The van der Waals surface area contributed by atoms with Crippen LogP contribution in [-0.2, 0) is 12.8 Å². The molecule has 0 aliphatic rings. The van der Waals surface area contributed by atoms with Crippen molar-refractivity contribution in [3.05, 3.63) is 59.8 Å². The Labute approximate surface area is 100 Å². The SMILES string of the molecule is CNC(Cc1ccoc1)Cc1ccccc1F. The van der Waals surface area contributed by atoms with E-state index in [9.17, 15) is 4.39 Å². The fourth-order valence-electron chi connectivity index (χ4n) is 1.90. The largest absolute Gasteiger partial charge is 0.472 e. The fraction of sp³-hybridized carbons (Fsp3) is 0.286. The lowest BCUT2D eigenvalue weighted by Gasteiger charge is -2.15. The number of hydrogen-bond donors (Lipinski definition) is 1. The summed E-state index contributed by atoms with van der Waals surface area (Å²) in [6.07, 6.45) is 4.90. The van der Waals surface area contributed by atoms with Crippen molar-refractivity contribution in [1.29, 1.82) is 0 Å². The first-order chi connectivity index (χ1) is 8.29. The van der Waals surface area contributed by atoms with E-state index in [0.717, 1.165) is 17.5 Å². The van der Waals surface area contributed by atoms with E-state index in [4.69, 9.17) is 4.42 Å². The third-order valence-electron chi connectivity index (χ3n) is 2.89. The van der Waals surface area contributed by atoms with E-state index in [-0.39, 0.29) is 11.9 Å². The van der Waals surface area contributed by atoms with E-state index in [0.29, 0.717) is 6.42 Å². The molecule has 1 heterocycles. The molecule has 17 heavy (non-hydrogen) atoms. The number of halogens is 1. The van der Waals surface area contributed by atoms with Crippen LogP contribution in [0.15, 0.2) is 47.3 Å². The van der Waals surface area contributed by atoms with Gasteiger partial charge in [0.25, 0.3) is 0 Å². The van der Waals surface area contributed by atoms with Crippen molar-refractivity contribution in [3.63, 3.8) is 0 Å². The standard InChI is InChI=1S/C14H16FNO/c1-16-13(8-11-6-7-17-10-11)9-12-4-2-3-5-14(12)15/h2-7,10,13,16H,8-9H2,1H3. The lowest BCUT2D eigenvalue weighted by atomic mass is 10.0. The predicted molar refractivity (Wildman–Crippen MR) is 65.4 cm³/mol. The summed E-state index contributed by atoms with van der Waals surface area (Å²) in [4.78, 5) is 0. The maximum absolute atomic E-state index is 13.5. The van der Waals surface area contributed by atoms with E-state index in [1.165, 1.54) is 6.07 Å². The second-order valence-electron chi connectivity index (χ2n) is 4.12. The zero-order chi connectivity index (χ0) is 12.1. The van der Waals surface area contributed by atoms with Gasteiger partial charge in [-0.3, -0.25) is 0 Å². The highest BCUT2D eigenvalue weighted by molar-refractivity contribution is 5.19. The number of likely N-dealkylation sites (N-methyl/N-ethyl adjacent to an activating group) is 1. The summed E-state index contributed by atoms with van der Waals surface area (Å²) in [5, 5.41) is 3.21. The normalized spacial score (nSPS) is 12.6. The Bertz CT molecular complexity index is 453. The van der Waals surface area contributed by atoms with Crippen LogP contribution in [-0.4, -0.2) is 13.1 Å². The fourth-order valence-corrected chi connectivity index (χ4v) is 1.90. The van der Waals surface area contributed by atoms with Crippen LogP contribution in [0, 0.1) is 5.82 Å². The molecule has 2 nitrogen and oxygen atoms in total. The molecule has 0 aliphatic carbocycles. The molecule has 0 fully saturated rings. The van der Waals surface area contributed by atoms with E-state index in [1.54, 1.807) is 18.6 Å². The molecule has 2 aromatic rings. The summed E-state index contributed by atoms with van der Waals surface area (Å²) in [6.45, 7) is 0. The van der Waals surface area contributed by atoms with E-state index < -0.39 is 0 Å². The molecule has 1 N–H and O–H groups in total. The van der Waals surface area contributed by atoms with Crippen LogP contribution in [0.25, 0.3) is 0 Å². The summed E-state index contributed by atoms with van der Waals surface area (Å²) < 4.78 is 18.6. The van der Waals surface area contributed by atoms with E-state index >= 15 is 0 Å². The average Bonchev–Trinajstić information content (AvgIpc) is 2.84. The molecule has 2 rings (SSSR count). The first-order valence-electron chi connectivity index (χ1n) is 5.71. The quantitative estimate of drug-likeness (QED) is 0.859. The van der Waals surface area contributed by atoms with Crippen LogP contribution in [0.1, 0.15) is 11.1 Å². The van der Waals surface area contributed by atoms with Crippen molar-refractivity contribution in [2.24, 2.45) is 0 Å². The molecule has 0 radical (unpaired) electrons. The third-order valence-corrected chi connectivity index (χ3v) is 2.89. The minimum atomic E-state index is -0.139. The topological polar surface area (TPSA) is 25.2 Å². The Morgan fingerprint density at radius 2 is 2.06 bits per heavy atom. The van der Waals surface area contributed by atoms with Crippen molar-refractivity contribution in [2.45, 2.75) is 18.9 Å². The number of benzene rings is 1. The zero-order valence-corrected chi connectivity index (χ0v) is 9.82. The Morgan fingerprint density at radius 1 is 1.24 bits per heavy atom. The van der Waals surface area contributed by atoms with Gasteiger partial charge in [0, 0.05) is 6.04 Å². The third kappa shape index (κ3) is 3.17. The minimum absolute atomic E-state index is 0.139. The van der Waals surface area contributed by atoms with Crippen LogP contribution in [0.3, 0.4) is 0 Å². The Hall–Kier alpha value is -1.61. The maximum atomic E-state index is 13.5. The van der Waals surface area contributed by atoms with Gasteiger partial charge >= 0.3 is 0 Å². The first-order valence-corrected chi connectivity index (χ1v) is 5.71. The molecule has 3 heteroatoms. The molecule has 0 amide bonds. The van der Waals surface area contributed by atoms with Crippen molar-refractivity contribution in [2.75, 3.05) is 7.05 Å². The highest BCUT2D eigenvalue weighted by Crippen LogP contribution is 2.12. The van der Waals surface area contributed by atoms with E-state index in [1.807, 2.05) is 25.2 Å². The number of nitrogens with one attached hydrogen (secondary N) is 1. The first kappa shape index (κ1) is 11.9. The van der Waals surface area contributed by atoms with Crippen molar-refractivity contribution in [3.8, 4) is 0 Å². The molecular formula is C14H16FNO. The summed E-state index contributed by atoms with van der Waals surface area (Å²) in [5.74, 6) is -0.139. The molecule has 0 spiro atoms. The van der Waals surface area contributed by atoms with Crippen LogP contribution in [0.5, 0.6) is 0 Å². The van der Waals surface area contributed by atoms with Gasteiger partial charge in [0.15, 0.2) is 0 Å². The Kier molecular flexibility index (Phi) is 3.94. The molecule has 0 saturated carbocycles. The maximum Gasteiger partial charge on any atom is 0.126 e. The van der Waals surface area contributed by atoms with Gasteiger partial charge in [-0.15, -0.1) is 0 Å². The molecule has 1 aromatic heterocycles. The highest BCUT2D eigenvalue weighted by atomic mass is 19.1. The van der Waals surface area contributed by atoms with Crippen molar-refractivity contribution < 1.29 is 8.81 Å². The second kappa shape index (κ2) is 5.64. The van der Waals surface area contributed by atoms with Crippen LogP contribution in [0.4, 0.5) is 4.39 Å². The zero-order valence-electron chi connectivity index (χ0n) is 9.82. The molecule has 90 valence electrons. The molecule has 1 aromatic carbocycles. The van der Waals surface area contributed by atoms with Gasteiger partial charge < -0.3 is 9.73 Å². The Balaban J connectivity index is 2.03. The number of furan rings is 1. The van der Waals surface area contributed by atoms with Crippen LogP contribution < -0.4 is 5.32 Å². The van der Waals surface area contributed by atoms with Gasteiger partial charge in [-0.05, 0) is 43.1 Å². The van der Waals surface area contributed by atoms with Crippen LogP contribution >= 0.6 is 0 Å². The molecule has 1 unspecified atom stereocenters. The van der Waals surface area contributed by atoms with Gasteiger partial charge in [-0.2, -0.15) is 0 Å². The molecule has 0 saturated heterocycles. The van der Waals surface area contributed by atoms with Crippen molar-refractivity contribution >= 4 is 0 Å². The monoisotopic (exact) mass is 233 g/mol. The van der Waals surface area contributed by atoms with Crippen molar-refractivity contribution in [1.82, 2.24) is 5.32 Å². The van der Waals surface area contributed by atoms with E-state index in [2.05, 4.69) is 5.32 Å².